The molecule has 2 aromatic carbocycles. The number of hydrogen-bond acceptors (Lipinski definition) is 3. The largest absolute Gasteiger partial charge is 0.485 e. The fraction of sp³-hybridized carbons (Fsp3) is 0.176. The maximum Gasteiger partial charge on any atom is 0.128 e. The van der Waals surface area contributed by atoms with Crippen molar-refractivity contribution in [3.63, 3.8) is 0 Å². The molecule has 0 aliphatic carbocycles. The van der Waals surface area contributed by atoms with E-state index < -0.39 is 6.10 Å². The van der Waals surface area contributed by atoms with Crippen LogP contribution >= 0.6 is 27.3 Å². The van der Waals surface area contributed by atoms with Crippen molar-refractivity contribution in [1.29, 1.82) is 0 Å². The van der Waals surface area contributed by atoms with Gasteiger partial charge in [-0.15, -0.1) is 11.3 Å². The van der Waals surface area contributed by atoms with Gasteiger partial charge in [-0.1, -0.05) is 40.2 Å². The smallest absolute Gasteiger partial charge is 0.128 e. The first-order valence-corrected chi connectivity index (χ1v) is 8.50. The Kier molecular flexibility index (Phi) is 3.25. The van der Waals surface area contributed by atoms with Gasteiger partial charge in [-0.25, -0.2) is 0 Å². The Labute approximate surface area is 135 Å². The zero-order valence-corrected chi connectivity index (χ0v) is 13.5. The van der Waals surface area contributed by atoms with Crippen LogP contribution in [-0.2, 0) is 0 Å². The van der Waals surface area contributed by atoms with Gasteiger partial charge in [0.1, 0.15) is 11.9 Å². The van der Waals surface area contributed by atoms with Gasteiger partial charge in [-0.3, -0.25) is 0 Å². The Morgan fingerprint density at radius 2 is 2.00 bits per heavy atom. The van der Waals surface area contributed by atoms with Gasteiger partial charge in [0.05, 0.1) is 6.10 Å². The Morgan fingerprint density at radius 3 is 2.90 bits per heavy atom. The third-order valence-corrected chi connectivity index (χ3v) is 5.37. The van der Waals surface area contributed by atoms with Crippen LogP contribution in [0.3, 0.4) is 0 Å². The molecule has 2 atom stereocenters. The predicted octanol–water partition coefficient (Wildman–Crippen LogP) is 5.22. The van der Waals surface area contributed by atoms with Gasteiger partial charge in [-0.05, 0) is 29.0 Å². The molecule has 21 heavy (non-hydrogen) atoms. The molecule has 0 amide bonds. The molecule has 4 rings (SSSR count). The van der Waals surface area contributed by atoms with E-state index in [-0.39, 0.29) is 6.10 Å². The van der Waals surface area contributed by atoms with Crippen LogP contribution in [0.25, 0.3) is 10.1 Å². The first-order chi connectivity index (χ1) is 10.2. The highest BCUT2D eigenvalue weighted by Crippen LogP contribution is 2.44. The minimum Gasteiger partial charge on any atom is -0.485 e. The van der Waals surface area contributed by atoms with Gasteiger partial charge in [0.15, 0.2) is 0 Å². The zero-order chi connectivity index (χ0) is 14.4. The van der Waals surface area contributed by atoms with Gasteiger partial charge in [0, 0.05) is 26.7 Å². The van der Waals surface area contributed by atoms with E-state index in [1.165, 1.54) is 15.6 Å². The first kappa shape index (κ1) is 13.3. The standard InChI is InChI=1S/C17H13BrO2S/c18-10-5-6-12-14(19)8-16(20-15(12)7-10)13-9-21-17-4-2-1-3-11(13)17/h1-7,9,14,16,19H,8H2/t14-,16?/m1/s1. The Morgan fingerprint density at radius 1 is 1.14 bits per heavy atom. The summed E-state index contributed by atoms with van der Waals surface area (Å²) in [5.41, 5.74) is 2.04. The lowest BCUT2D eigenvalue weighted by molar-refractivity contribution is 0.0665. The highest BCUT2D eigenvalue weighted by molar-refractivity contribution is 9.10. The second-order valence-electron chi connectivity index (χ2n) is 5.23. The van der Waals surface area contributed by atoms with Crippen LogP contribution in [0.4, 0.5) is 0 Å². The molecule has 106 valence electrons. The van der Waals surface area contributed by atoms with Crippen LogP contribution in [0.15, 0.2) is 52.3 Å². The monoisotopic (exact) mass is 360 g/mol. The fourth-order valence-electron chi connectivity index (χ4n) is 2.85. The summed E-state index contributed by atoms with van der Waals surface area (Å²) >= 11 is 5.18. The summed E-state index contributed by atoms with van der Waals surface area (Å²) in [7, 11) is 0. The summed E-state index contributed by atoms with van der Waals surface area (Å²) in [5.74, 6) is 0.767. The number of halogens is 1. The Balaban J connectivity index is 1.78. The molecule has 1 aromatic heterocycles. The third kappa shape index (κ3) is 2.27. The minimum atomic E-state index is -0.481. The molecule has 1 aliphatic heterocycles. The lowest BCUT2D eigenvalue weighted by atomic mass is 9.95. The molecule has 0 spiro atoms. The van der Waals surface area contributed by atoms with Gasteiger partial charge in [0.2, 0.25) is 0 Å². The molecule has 1 N–H and O–H groups in total. The fourth-order valence-corrected chi connectivity index (χ4v) is 4.20. The van der Waals surface area contributed by atoms with Crippen LogP contribution in [0.2, 0.25) is 0 Å². The lowest BCUT2D eigenvalue weighted by Crippen LogP contribution is -2.18. The maximum absolute atomic E-state index is 10.4. The summed E-state index contributed by atoms with van der Waals surface area (Å²) in [4.78, 5) is 0. The van der Waals surface area contributed by atoms with Crippen LogP contribution in [0, 0.1) is 0 Å². The quantitative estimate of drug-likeness (QED) is 0.644. The highest BCUT2D eigenvalue weighted by Gasteiger charge is 2.29. The average Bonchev–Trinajstić information content (AvgIpc) is 2.90. The second kappa shape index (κ2) is 5.13. The van der Waals surface area contributed by atoms with Crippen LogP contribution in [0.5, 0.6) is 5.75 Å². The van der Waals surface area contributed by atoms with E-state index in [9.17, 15) is 5.11 Å². The molecule has 0 saturated heterocycles. The molecule has 0 saturated carbocycles. The molecule has 1 aliphatic rings. The molecule has 0 radical (unpaired) electrons. The molecular formula is C17H13BrO2S. The first-order valence-electron chi connectivity index (χ1n) is 6.82. The molecule has 2 nitrogen and oxygen atoms in total. The van der Waals surface area contributed by atoms with E-state index in [0.717, 1.165) is 15.8 Å². The normalized spacial score (nSPS) is 21.0. The number of rotatable bonds is 1. The van der Waals surface area contributed by atoms with Gasteiger partial charge < -0.3 is 9.84 Å². The molecule has 1 unspecified atom stereocenters. The summed E-state index contributed by atoms with van der Waals surface area (Å²) in [6, 6.07) is 14.1. The van der Waals surface area contributed by atoms with E-state index in [1.807, 2.05) is 30.3 Å². The van der Waals surface area contributed by atoms with Gasteiger partial charge >= 0.3 is 0 Å². The van der Waals surface area contributed by atoms with Gasteiger partial charge in [-0.2, -0.15) is 0 Å². The predicted molar refractivity (Wildman–Crippen MR) is 88.9 cm³/mol. The number of ether oxygens (including phenoxy) is 1. The topological polar surface area (TPSA) is 29.5 Å². The van der Waals surface area contributed by atoms with E-state index in [2.05, 4.69) is 33.4 Å². The van der Waals surface area contributed by atoms with E-state index in [1.54, 1.807) is 11.3 Å². The summed E-state index contributed by atoms with van der Waals surface area (Å²) < 4.78 is 8.37. The van der Waals surface area contributed by atoms with Gasteiger partial charge in [0.25, 0.3) is 0 Å². The van der Waals surface area contributed by atoms with E-state index in [4.69, 9.17) is 4.74 Å². The Bertz CT molecular complexity index is 811. The summed E-state index contributed by atoms with van der Waals surface area (Å²) in [5, 5.41) is 13.8. The molecule has 0 fully saturated rings. The molecule has 3 aromatic rings. The molecule has 0 bridgehead atoms. The van der Waals surface area contributed by atoms with Crippen molar-refractivity contribution in [1.82, 2.24) is 0 Å². The van der Waals surface area contributed by atoms with E-state index >= 15 is 0 Å². The highest BCUT2D eigenvalue weighted by atomic mass is 79.9. The molecular weight excluding hydrogens is 348 g/mol. The van der Waals surface area contributed by atoms with Crippen molar-refractivity contribution < 1.29 is 9.84 Å². The number of benzene rings is 2. The SMILES string of the molecule is O[C@@H]1CC(c2csc3ccccc23)Oc2cc(Br)ccc21. The van der Waals surface area contributed by atoms with E-state index in [0.29, 0.717) is 6.42 Å². The number of aliphatic hydroxyl groups excluding tert-OH is 1. The summed E-state index contributed by atoms with van der Waals surface area (Å²) in [6.07, 6.45) is 0.0125. The number of aliphatic hydroxyl groups is 1. The van der Waals surface area contributed by atoms with Crippen molar-refractivity contribution in [2.75, 3.05) is 0 Å². The Hall–Kier alpha value is -1.36. The molecule has 4 heteroatoms. The van der Waals surface area contributed by atoms with Crippen molar-refractivity contribution >= 4 is 37.4 Å². The van der Waals surface area contributed by atoms with Crippen LogP contribution in [0.1, 0.15) is 29.8 Å². The lowest BCUT2D eigenvalue weighted by Gasteiger charge is -2.29. The van der Waals surface area contributed by atoms with Crippen LogP contribution in [-0.4, -0.2) is 5.11 Å². The maximum atomic E-state index is 10.4. The van der Waals surface area contributed by atoms with Crippen molar-refractivity contribution in [3.8, 4) is 5.75 Å². The van der Waals surface area contributed by atoms with Crippen molar-refractivity contribution in [3.05, 3.63) is 63.4 Å². The molecule has 2 heterocycles. The zero-order valence-electron chi connectivity index (χ0n) is 11.1. The van der Waals surface area contributed by atoms with Crippen molar-refractivity contribution in [2.24, 2.45) is 0 Å². The third-order valence-electron chi connectivity index (χ3n) is 3.90. The van der Waals surface area contributed by atoms with Crippen molar-refractivity contribution in [2.45, 2.75) is 18.6 Å². The minimum absolute atomic E-state index is 0.0991. The van der Waals surface area contributed by atoms with Crippen LogP contribution < -0.4 is 4.74 Å². The number of thiophene rings is 1. The number of hydrogen-bond donors (Lipinski definition) is 1. The second-order valence-corrected chi connectivity index (χ2v) is 7.05. The number of fused-ring (bicyclic) bond motifs is 2. The average molecular weight is 361 g/mol. The summed E-state index contributed by atoms with van der Waals surface area (Å²) in [6.45, 7) is 0.